The monoisotopic (exact) mass is 349 g/mol. The molecule has 0 saturated heterocycles. The maximum Gasteiger partial charge on any atom is 0.224 e. The molecule has 0 aliphatic carbocycles. The standard InChI is InChI=1S/C21H23N3O2/c1-15(2)23-21(25)12-16-8-10-18(11-9-16)22-14-19-13-20(24-26-19)17-6-4-3-5-7-17/h3-11,13,15,22H,12,14H2,1-2H3,(H,23,25). The zero-order valence-corrected chi connectivity index (χ0v) is 15.0. The number of hydrogen-bond acceptors (Lipinski definition) is 4. The fourth-order valence-electron chi connectivity index (χ4n) is 2.63. The lowest BCUT2D eigenvalue weighted by atomic mass is 10.1. The Kier molecular flexibility index (Phi) is 5.69. The first kappa shape index (κ1) is 17.7. The number of benzene rings is 2. The van der Waals surface area contributed by atoms with Crippen LogP contribution in [0.2, 0.25) is 0 Å². The highest BCUT2D eigenvalue weighted by atomic mass is 16.5. The third-order valence-electron chi connectivity index (χ3n) is 3.86. The van der Waals surface area contributed by atoms with Crippen LogP contribution in [0.25, 0.3) is 11.3 Å². The molecular formula is C21H23N3O2. The lowest BCUT2D eigenvalue weighted by molar-refractivity contribution is -0.120. The van der Waals surface area contributed by atoms with Crippen molar-refractivity contribution in [2.75, 3.05) is 5.32 Å². The van der Waals surface area contributed by atoms with Gasteiger partial charge in [0.2, 0.25) is 5.91 Å². The molecular weight excluding hydrogens is 326 g/mol. The van der Waals surface area contributed by atoms with Crippen LogP contribution in [0.5, 0.6) is 0 Å². The van der Waals surface area contributed by atoms with Crippen molar-refractivity contribution in [3.63, 3.8) is 0 Å². The van der Waals surface area contributed by atoms with Gasteiger partial charge in [-0.25, -0.2) is 0 Å². The Hall–Kier alpha value is -3.08. The van der Waals surface area contributed by atoms with Gasteiger partial charge in [-0.3, -0.25) is 4.79 Å². The molecule has 0 radical (unpaired) electrons. The van der Waals surface area contributed by atoms with Crippen LogP contribution in [-0.2, 0) is 17.8 Å². The normalized spacial score (nSPS) is 10.7. The maximum absolute atomic E-state index is 11.8. The highest BCUT2D eigenvalue weighted by molar-refractivity contribution is 5.78. The number of carbonyl (C=O) groups excluding carboxylic acids is 1. The zero-order chi connectivity index (χ0) is 18.4. The Bertz CT molecular complexity index is 839. The summed E-state index contributed by atoms with van der Waals surface area (Å²) in [5.74, 6) is 0.806. The first-order valence-corrected chi connectivity index (χ1v) is 8.73. The first-order valence-electron chi connectivity index (χ1n) is 8.73. The number of carbonyl (C=O) groups is 1. The fourth-order valence-corrected chi connectivity index (χ4v) is 2.63. The second-order valence-electron chi connectivity index (χ2n) is 6.49. The van der Waals surface area contributed by atoms with E-state index in [1.165, 1.54) is 0 Å². The molecule has 0 fully saturated rings. The molecule has 1 heterocycles. The summed E-state index contributed by atoms with van der Waals surface area (Å²) < 4.78 is 5.39. The van der Waals surface area contributed by atoms with Crippen molar-refractivity contribution in [2.24, 2.45) is 0 Å². The second kappa shape index (κ2) is 8.34. The average molecular weight is 349 g/mol. The van der Waals surface area contributed by atoms with Crippen LogP contribution in [0, 0.1) is 0 Å². The quantitative estimate of drug-likeness (QED) is 0.676. The van der Waals surface area contributed by atoms with Gasteiger partial charge in [0.15, 0.2) is 5.76 Å². The van der Waals surface area contributed by atoms with Crippen molar-refractivity contribution in [3.05, 3.63) is 72.0 Å². The molecule has 2 N–H and O–H groups in total. The summed E-state index contributed by atoms with van der Waals surface area (Å²) in [4.78, 5) is 11.8. The minimum Gasteiger partial charge on any atom is -0.378 e. The van der Waals surface area contributed by atoms with Gasteiger partial charge in [-0.1, -0.05) is 47.6 Å². The summed E-state index contributed by atoms with van der Waals surface area (Å²) in [6, 6.07) is 19.9. The Labute approximate surface area is 153 Å². The molecule has 0 atom stereocenters. The molecule has 2 aromatic carbocycles. The number of aromatic nitrogens is 1. The van der Waals surface area contributed by atoms with E-state index in [0.29, 0.717) is 13.0 Å². The molecule has 0 aliphatic rings. The van der Waals surface area contributed by atoms with Gasteiger partial charge in [0, 0.05) is 23.4 Å². The lowest BCUT2D eigenvalue weighted by Gasteiger charge is -2.09. The molecule has 3 rings (SSSR count). The number of rotatable bonds is 7. The van der Waals surface area contributed by atoms with Crippen molar-refractivity contribution in [1.29, 1.82) is 0 Å². The Balaban J connectivity index is 1.54. The molecule has 5 heteroatoms. The zero-order valence-electron chi connectivity index (χ0n) is 15.0. The first-order chi connectivity index (χ1) is 12.6. The highest BCUT2D eigenvalue weighted by Crippen LogP contribution is 2.19. The van der Waals surface area contributed by atoms with E-state index in [0.717, 1.165) is 28.3 Å². The molecule has 26 heavy (non-hydrogen) atoms. The van der Waals surface area contributed by atoms with Gasteiger partial charge in [0.25, 0.3) is 0 Å². The topological polar surface area (TPSA) is 67.2 Å². The minimum atomic E-state index is 0.0378. The van der Waals surface area contributed by atoms with Crippen molar-refractivity contribution in [3.8, 4) is 11.3 Å². The lowest BCUT2D eigenvalue weighted by Crippen LogP contribution is -2.31. The van der Waals surface area contributed by atoms with Crippen LogP contribution in [0.15, 0.2) is 65.2 Å². The summed E-state index contributed by atoms with van der Waals surface area (Å²) in [6.07, 6.45) is 0.390. The number of amides is 1. The molecule has 134 valence electrons. The molecule has 5 nitrogen and oxygen atoms in total. The Morgan fingerprint density at radius 2 is 1.81 bits per heavy atom. The smallest absolute Gasteiger partial charge is 0.224 e. The van der Waals surface area contributed by atoms with Gasteiger partial charge in [-0.05, 0) is 31.5 Å². The van der Waals surface area contributed by atoms with E-state index in [2.05, 4.69) is 15.8 Å². The van der Waals surface area contributed by atoms with Crippen LogP contribution in [0.3, 0.4) is 0 Å². The number of nitrogens with one attached hydrogen (secondary N) is 2. The third-order valence-corrected chi connectivity index (χ3v) is 3.86. The molecule has 1 amide bonds. The number of nitrogens with zero attached hydrogens (tertiary/aromatic N) is 1. The summed E-state index contributed by atoms with van der Waals surface area (Å²) in [7, 11) is 0. The predicted octanol–water partition coefficient (Wildman–Crippen LogP) is 4.02. The SMILES string of the molecule is CC(C)NC(=O)Cc1ccc(NCc2cc(-c3ccccc3)no2)cc1. The Morgan fingerprint density at radius 1 is 1.08 bits per heavy atom. The van der Waals surface area contributed by atoms with Gasteiger partial charge in [-0.2, -0.15) is 0 Å². The molecule has 0 unspecified atom stereocenters. The minimum absolute atomic E-state index is 0.0378. The predicted molar refractivity (Wildman–Crippen MR) is 103 cm³/mol. The average Bonchev–Trinajstić information content (AvgIpc) is 3.10. The summed E-state index contributed by atoms with van der Waals surface area (Å²) >= 11 is 0. The van der Waals surface area contributed by atoms with E-state index in [1.807, 2.05) is 74.5 Å². The fraction of sp³-hybridized carbons (Fsp3) is 0.238. The second-order valence-corrected chi connectivity index (χ2v) is 6.49. The van der Waals surface area contributed by atoms with E-state index >= 15 is 0 Å². The summed E-state index contributed by atoms with van der Waals surface area (Å²) in [5, 5.41) is 10.3. The molecule has 0 aliphatic heterocycles. The van der Waals surface area contributed by atoms with E-state index in [1.54, 1.807) is 0 Å². The molecule has 0 spiro atoms. The van der Waals surface area contributed by atoms with Crippen molar-refractivity contribution in [2.45, 2.75) is 32.9 Å². The molecule has 3 aromatic rings. The van der Waals surface area contributed by atoms with Crippen molar-refractivity contribution in [1.82, 2.24) is 10.5 Å². The van der Waals surface area contributed by atoms with Crippen LogP contribution in [-0.4, -0.2) is 17.1 Å². The van der Waals surface area contributed by atoms with E-state index in [4.69, 9.17) is 4.52 Å². The van der Waals surface area contributed by atoms with Gasteiger partial charge < -0.3 is 15.2 Å². The van der Waals surface area contributed by atoms with Crippen LogP contribution in [0.4, 0.5) is 5.69 Å². The largest absolute Gasteiger partial charge is 0.378 e. The van der Waals surface area contributed by atoms with Crippen LogP contribution in [0.1, 0.15) is 25.2 Å². The number of anilines is 1. The molecule has 1 aromatic heterocycles. The van der Waals surface area contributed by atoms with E-state index in [9.17, 15) is 4.79 Å². The maximum atomic E-state index is 11.8. The molecule has 0 bridgehead atoms. The number of hydrogen-bond donors (Lipinski definition) is 2. The third kappa shape index (κ3) is 4.96. The van der Waals surface area contributed by atoms with E-state index in [-0.39, 0.29) is 11.9 Å². The van der Waals surface area contributed by atoms with Gasteiger partial charge in [0.1, 0.15) is 5.69 Å². The van der Waals surface area contributed by atoms with Crippen LogP contribution < -0.4 is 10.6 Å². The Morgan fingerprint density at radius 3 is 2.50 bits per heavy atom. The molecule has 0 saturated carbocycles. The van der Waals surface area contributed by atoms with Crippen molar-refractivity contribution < 1.29 is 9.32 Å². The van der Waals surface area contributed by atoms with Gasteiger partial charge in [0.05, 0.1) is 13.0 Å². The van der Waals surface area contributed by atoms with Gasteiger partial charge in [-0.15, -0.1) is 0 Å². The van der Waals surface area contributed by atoms with Crippen LogP contribution >= 0.6 is 0 Å². The van der Waals surface area contributed by atoms with E-state index < -0.39 is 0 Å². The van der Waals surface area contributed by atoms with Gasteiger partial charge >= 0.3 is 0 Å². The summed E-state index contributed by atoms with van der Waals surface area (Å²) in [6.45, 7) is 4.46. The summed E-state index contributed by atoms with van der Waals surface area (Å²) in [5.41, 5.74) is 3.82. The van der Waals surface area contributed by atoms with Crippen molar-refractivity contribution >= 4 is 11.6 Å². The highest BCUT2D eigenvalue weighted by Gasteiger charge is 2.07.